The minimum atomic E-state index is -0.328. The molecule has 0 radical (unpaired) electrons. The van der Waals surface area contributed by atoms with E-state index in [1.54, 1.807) is 36.3 Å². The van der Waals surface area contributed by atoms with Crippen LogP contribution in [0.4, 0.5) is 11.5 Å². The molecule has 1 amide bonds. The fourth-order valence-corrected chi connectivity index (χ4v) is 2.94. The van der Waals surface area contributed by atoms with Gasteiger partial charge in [0.15, 0.2) is 0 Å². The summed E-state index contributed by atoms with van der Waals surface area (Å²) in [6.45, 7) is 2.93. The lowest BCUT2D eigenvalue weighted by Crippen LogP contribution is -2.36. The van der Waals surface area contributed by atoms with Crippen LogP contribution in [0.3, 0.4) is 0 Å². The van der Waals surface area contributed by atoms with Crippen LogP contribution in [-0.2, 0) is 4.74 Å². The van der Waals surface area contributed by atoms with Gasteiger partial charge in [-0.2, -0.15) is 0 Å². The van der Waals surface area contributed by atoms with E-state index in [2.05, 4.69) is 25.2 Å². The van der Waals surface area contributed by atoms with Gasteiger partial charge in [-0.15, -0.1) is 0 Å². The molecule has 0 saturated carbocycles. The van der Waals surface area contributed by atoms with Crippen LogP contribution in [0.25, 0.3) is 5.82 Å². The average Bonchev–Trinajstić information content (AvgIpc) is 3.25. The summed E-state index contributed by atoms with van der Waals surface area (Å²) in [5.74, 6) is 1.72. The first-order valence-electron chi connectivity index (χ1n) is 8.88. The van der Waals surface area contributed by atoms with Gasteiger partial charge >= 0.3 is 0 Å². The number of para-hydroxylation sites is 2. The average molecular weight is 380 g/mol. The standard InChI is InChI=1S/C19H20N6O3/c1-27-16-5-3-2-4-14(16)23-19(26)15-11-25(13-22-15)18-10-17(20-12-21-18)24-6-8-28-9-7-24/h2-5,10-13H,6-9H2,1H3,(H,23,26). The molecule has 1 fully saturated rings. The Kier molecular flexibility index (Phi) is 5.16. The van der Waals surface area contributed by atoms with Crippen molar-refractivity contribution >= 4 is 17.4 Å². The number of hydrogen-bond donors (Lipinski definition) is 1. The molecule has 1 N–H and O–H groups in total. The van der Waals surface area contributed by atoms with Crippen LogP contribution >= 0.6 is 0 Å². The van der Waals surface area contributed by atoms with Crippen molar-refractivity contribution in [3.05, 3.63) is 54.9 Å². The first-order chi connectivity index (χ1) is 13.7. The van der Waals surface area contributed by atoms with E-state index in [0.29, 0.717) is 30.5 Å². The summed E-state index contributed by atoms with van der Waals surface area (Å²) < 4.78 is 12.3. The highest BCUT2D eigenvalue weighted by Crippen LogP contribution is 2.23. The monoisotopic (exact) mass is 380 g/mol. The highest BCUT2D eigenvalue weighted by Gasteiger charge is 2.16. The Morgan fingerprint density at radius 3 is 2.75 bits per heavy atom. The van der Waals surface area contributed by atoms with Crippen molar-refractivity contribution in [3.8, 4) is 11.6 Å². The van der Waals surface area contributed by atoms with Gasteiger partial charge in [0.2, 0.25) is 0 Å². The SMILES string of the molecule is COc1ccccc1NC(=O)c1cn(-c2cc(N3CCOCC3)ncn2)cn1. The number of morpholine rings is 1. The molecule has 1 aliphatic rings. The zero-order chi connectivity index (χ0) is 19.3. The summed E-state index contributed by atoms with van der Waals surface area (Å²) in [6.07, 6.45) is 4.70. The topological polar surface area (TPSA) is 94.4 Å². The van der Waals surface area contributed by atoms with Crippen LogP contribution < -0.4 is 15.0 Å². The number of carbonyl (C=O) groups excluding carboxylic acids is 1. The normalized spacial score (nSPS) is 14.0. The number of imidazole rings is 1. The predicted octanol–water partition coefficient (Wildman–Crippen LogP) is 1.76. The molecule has 144 valence electrons. The number of nitrogens with zero attached hydrogens (tertiary/aromatic N) is 5. The zero-order valence-electron chi connectivity index (χ0n) is 15.4. The Labute approximate surface area is 162 Å². The molecule has 0 aliphatic carbocycles. The fourth-order valence-electron chi connectivity index (χ4n) is 2.94. The van der Waals surface area contributed by atoms with Crippen molar-refractivity contribution in [2.75, 3.05) is 43.6 Å². The van der Waals surface area contributed by atoms with Crippen LogP contribution in [0.15, 0.2) is 49.2 Å². The highest BCUT2D eigenvalue weighted by atomic mass is 16.5. The van der Waals surface area contributed by atoms with Gasteiger partial charge in [0.25, 0.3) is 5.91 Å². The van der Waals surface area contributed by atoms with Gasteiger partial charge in [-0.3, -0.25) is 9.36 Å². The van der Waals surface area contributed by atoms with E-state index in [-0.39, 0.29) is 11.6 Å². The van der Waals surface area contributed by atoms with Crippen LogP contribution in [-0.4, -0.2) is 58.8 Å². The Hall–Kier alpha value is -3.46. The number of benzene rings is 1. The number of aromatic nitrogens is 4. The Morgan fingerprint density at radius 2 is 1.93 bits per heavy atom. The van der Waals surface area contributed by atoms with Crippen molar-refractivity contribution in [2.24, 2.45) is 0 Å². The number of carbonyl (C=O) groups is 1. The minimum absolute atomic E-state index is 0.275. The molecule has 28 heavy (non-hydrogen) atoms. The summed E-state index contributed by atoms with van der Waals surface area (Å²) in [6, 6.07) is 9.08. The van der Waals surface area contributed by atoms with Gasteiger partial charge in [0.05, 0.1) is 26.0 Å². The van der Waals surface area contributed by atoms with Gasteiger partial charge in [-0.25, -0.2) is 15.0 Å². The fraction of sp³-hybridized carbons (Fsp3) is 0.263. The number of anilines is 2. The van der Waals surface area contributed by atoms with Crippen molar-refractivity contribution in [2.45, 2.75) is 0 Å². The first kappa shape index (κ1) is 17.9. The number of rotatable bonds is 5. The Morgan fingerprint density at radius 1 is 1.14 bits per heavy atom. The number of nitrogens with one attached hydrogen (secondary N) is 1. The third-order valence-corrected chi connectivity index (χ3v) is 4.41. The molecule has 1 aromatic carbocycles. The maximum Gasteiger partial charge on any atom is 0.275 e. The van der Waals surface area contributed by atoms with E-state index in [1.165, 1.54) is 6.33 Å². The second-order valence-corrected chi connectivity index (χ2v) is 6.15. The molecule has 9 nitrogen and oxygen atoms in total. The van der Waals surface area contributed by atoms with E-state index in [4.69, 9.17) is 9.47 Å². The summed E-state index contributed by atoms with van der Waals surface area (Å²) in [7, 11) is 1.56. The van der Waals surface area contributed by atoms with Crippen molar-refractivity contribution in [1.82, 2.24) is 19.5 Å². The van der Waals surface area contributed by atoms with Crippen LogP contribution in [0.5, 0.6) is 5.75 Å². The molecule has 0 unspecified atom stereocenters. The summed E-state index contributed by atoms with van der Waals surface area (Å²) in [5.41, 5.74) is 0.860. The largest absolute Gasteiger partial charge is 0.495 e. The molecular formula is C19H20N6O3. The molecular weight excluding hydrogens is 360 g/mol. The highest BCUT2D eigenvalue weighted by molar-refractivity contribution is 6.03. The third kappa shape index (κ3) is 3.79. The van der Waals surface area contributed by atoms with E-state index >= 15 is 0 Å². The smallest absolute Gasteiger partial charge is 0.275 e. The molecule has 9 heteroatoms. The summed E-state index contributed by atoms with van der Waals surface area (Å²) >= 11 is 0. The van der Waals surface area contributed by atoms with Crippen LogP contribution in [0.2, 0.25) is 0 Å². The lowest BCUT2D eigenvalue weighted by molar-refractivity contribution is 0.102. The number of methoxy groups -OCH3 is 1. The van der Waals surface area contributed by atoms with Gasteiger partial charge in [0, 0.05) is 25.4 Å². The van der Waals surface area contributed by atoms with Crippen molar-refractivity contribution in [1.29, 1.82) is 0 Å². The Bertz CT molecular complexity index is 968. The number of amides is 1. The molecule has 0 bridgehead atoms. The lowest BCUT2D eigenvalue weighted by Gasteiger charge is -2.27. The van der Waals surface area contributed by atoms with Gasteiger partial charge in [-0.1, -0.05) is 12.1 Å². The molecule has 3 heterocycles. The summed E-state index contributed by atoms with van der Waals surface area (Å²) in [4.78, 5) is 27.5. The number of ether oxygens (including phenoxy) is 2. The van der Waals surface area contributed by atoms with E-state index in [9.17, 15) is 4.79 Å². The van der Waals surface area contributed by atoms with E-state index in [1.807, 2.05) is 18.2 Å². The Balaban J connectivity index is 1.52. The van der Waals surface area contributed by atoms with Crippen LogP contribution in [0.1, 0.15) is 10.5 Å². The quantitative estimate of drug-likeness (QED) is 0.721. The second-order valence-electron chi connectivity index (χ2n) is 6.15. The molecule has 2 aromatic heterocycles. The van der Waals surface area contributed by atoms with E-state index < -0.39 is 0 Å². The summed E-state index contributed by atoms with van der Waals surface area (Å²) in [5, 5.41) is 2.81. The molecule has 0 atom stereocenters. The first-order valence-corrected chi connectivity index (χ1v) is 8.88. The third-order valence-electron chi connectivity index (χ3n) is 4.41. The van der Waals surface area contributed by atoms with Gasteiger partial charge < -0.3 is 19.7 Å². The maximum absolute atomic E-state index is 12.5. The molecule has 4 rings (SSSR count). The molecule has 1 saturated heterocycles. The maximum atomic E-state index is 12.5. The van der Waals surface area contributed by atoms with Crippen molar-refractivity contribution < 1.29 is 14.3 Å². The lowest BCUT2D eigenvalue weighted by atomic mass is 10.3. The van der Waals surface area contributed by atoms with Crippen LogP contribution in [0, 0.1) is 0 Å². The number of hydrogen-bond acceptors (Lipinski definition) is 7. The van der Waals surface area contributed by atoms with Gasteiger partial charge in [0.1, 0.15) is 35.7 Å². The molecule has 0 spiro atoms. The van der Waals surface area contributed by atoms with Gasteiger partial charge in [-0.05, 0) is 12.1 Å². The predicted molar refractivity (Wildman–Crippen MR) is 103 cm³/mol. The van der Waals surface area contributed by atoms with E-state index in [0.717, 1.165) is 18.9 Å². The van der Waals surface area contributed by atoms with Crippen molar-refractivity contribution in [3.63, 3.8) is 0 Å². The second kappa shape index (κ2) is 8.05. The zero-order valence-corrected chi connectivity index (χ0v) is 15.4. The minimum Gasteiger partial charge on any atom is -0.495 e. The molecule has 1 aliphatic heterocycles. The molecule has 3 aromatic rings.